The number of hydrogen-bond acceptors (Lipinski definition) is 3. The van der Waals surface area contributed by atoms with Gasteiger partial charge in [0.05, 0.1) is 0 Å². The molecule has 3 aromatic rings. The minimum atomic E-state index is -0.683. The number of aromatic nitrogens is 1. The molecule has 0 bridgehead atoms. The van der Waals surface area contributed by atoms with Gasteiger partial charge in [-0.3, -0.25) is 14.5 Å². The van der Waals surface area contributed by atoms with E-state index in [4.69, 9.17) is 0 Å². The lowest BCUT2D eigenvalue weighted by molar-refractivity contribution is -0.130. The Morgan fingerprint density at radius 2 is 1.87 bits per heavy atom. The normalized spacial score (nSPS) is 16.0. The number of nitrogens with zero attached hydrogens (tertiary/aromatic N) is 1. The predicted molar refractivity (Wildman–Crippen MR) is 120 cm³/mol. The number of urea groups is 1. The summed E-state index contributed by atoms with van der Waals surface area (Å²) in [4.78, 5) is 41.7. The number of aromatic amines is 1. The highest BCUT2D eigenvalue weighted by atomic mass is 16.2. The first-order chi connectivity index (χ1) is 15.0. The Morgan fingerprint density at radius 3 is 2.65 bits per heavy atom. The number of carbonyl (C=O) groups is 3. The molecule has 1 aromatic heterocycles. The molecular weight excluding hydrogens is 392 g/mol. The smallest absolute Gasteiger partial charge is 0.325 e. The first kappa shape index (κ1) is 20.7. The Labute approximate surface area is 180 Å². The molecule has 0 aliphatic carbocycles. The first-order valence-electron chi connectivity index (χ1n) is 10.6. The number of amides is 4. The lowest BCUT2D eigenvalue weighted by Gasteiger charge is -2.13. The summed E-state index contributed by atoms with van der Waals surface area (Å²) >= 11 is 0. The molecular formula is C24H26N4O3. The number of anilines is 1. The molecule has 1 aliphatic rings. The maximum atomic E-state index is 12.8. The zero-order valence-corrected chi connectivity index (χ0v) is 17.5. The minimum Gasteiger partial charge on any atom is -0.361 e. The molecule has 1 atom stereocenters. The van der Waals surface area contributed by atoms with E-state index in [-0.39, 0.29) is 12.5 Å². The standard InChI is InChI=1S/C24H26N4O3/c1-2-3-6-16-9-11-18(12-10-16)26-22(29)15-28-23(30)21(27-24(28)31)13-17-14-25-20-8-5-4-7-19(17)20/h4-5,7-12,14,21,25H,2-3,6,13,15H2,1H3,(H,26,29)(H,27,31)/t21-/m1/s1. The van der Waals surface area contributed by atoms with Crippen molar-refractivity contribution in [1.29, 1.82) is 0 Å². The Bertz CT molecular complexity index is 1100. The van der Waals surface area contributed by atoms with Crippen LogP contribution in [0.4, 0.5) is 10.5 Å². The van der Waals surface area contributed by atoms with Crippen LogP contribution in [0.1, 0.15) is 30.9 Å². The van der Waals surface area contributed by atoms with Crippen molar-refractivity contribution in [3.8, 4) is 0 Å². The largest absolute Gasteiger partial charge is 0.361 e. The highest BCUT2D eigenvalue weighted by molar-refractivity contribution is 6.08. The molecule has 0 unspecified atom stereocenters. The van der Waals surface area contributed by atoms with E-state index in [0.29, 0.717) is 12.1 Å². The molecule has 2 aromatic carbocycles. The Kier molecular flexibility index (Phi) is 6.02. The van der Waals surface area contributed by atoms with Gasteiger partial charge in [-0.2, -0.15) is 0 Å². The van der Waals surface area contributed by atoms with Crippen molar-refractivity contribution >= 4 is 34.4 Å². The van der Waals surface area contributed by atoms with Crippen molar-refractivity contribution < 1.29 is 14.4 Å². The summed E-state index contributed by atoms with van der Waals surface area (Å²) in [5, 5.41) is 6.47. The Morgan fingerprint density at radius 1 is 1.10 bits per heavy atom. The zero-order valence-electron chi connectivity index (χ0n) is 17.5. The van der Waals surface area contributed by atoms with E-state index in [9.17, 15) is 14.4 Å². The molecule has 160 valence electrons. The van der Waals surface area contributed by atoms with Crippen molar-refractivity contribution in [3.05, 3.63) is 65.9 Å². The van der Waals surface area contributed by atoms with Crippen LogP contribution in [0.3, 0.4) is 0 Å². The van der Waals surface area contributed by atoms with E-state index >= 15 is 0 Å². The Balaban J connectivity index is 1.36. The van der Waals surface area contributed by atoms with Crippen LogP contribution in [-0.4, -0.2) is 40.3 Å². The predicted octanol–water partition coefficient (Wildman–Crippen LogP) is 3.61. The summed E-state index contributed by atoms with van der Waals surface area (Å²) in [7, 11) is 0. The molecule has 7 heteroatoms. The summed E-state index contributed by atoms with van der Waals surface area (Å²) in [6.07, 6.45) is 5.48. The number of fused-ring (bicyclic) bond motifs is 1. The van der Waals surface area contributed by atoms with E-state index < -0.39 is 18.0 Å². The number of nitrogens with one attached hydrogen (secondary N) is 3. The Hall–Kier alpha value is -3.61. The minimum absolute atomic E-state index is 0.313. The third kappa shape index (κ3) is 4.60. The number of benzene rings is 2. The maximum Gasteiger partial charge on any atom is 0.325 e. The fourth-order valence-corrected chi connectivity index (χ4v) is 3.87. The maximum absolute atomic E-state index is 12.8. The summed E-state index contributed by atoms with van der Waals surface area (Å²) in [5.41, 5.74) is 3.79. The van der Waals surface area contributed by atoms with E-state index in [1.165, 1.54) is 5.56 Å². The number of imide groups is 1. The van der Waals surface area contributed by atoms with Crippen LogP contribution in [0.5, 0.6) is 0 Å². The number of H-pyrrole nitrogens is 1. The van der Waals surface area contributed by atoms with Gasteiger partial charge in [-0.05, 0) is 42.2 Å². The highest BCUT2D eigenvalue weighted by Gasteiger charge is 2.39. The van der Waals surface area contributed by atoms with Gasteiger partial charge < -0.3 is 15.6 Å². The molecule has 1 aliphatic heterocycles. The van der Waals surface area contributed by atoms with Gasteiger partial charge in [-0.25, -0.2) is 4.79 Å². The van der Waals surface area contributed by atoms with Crippen LogP contribution in [0.15, 0.2) is 54.7 Å². The third-order valence-electron chi connectivity index (χ3n) is 5.56. The fourth-order valence-electron chi connectivity index (χ4n) is 3.87. The van der Waals surface area contributed by atoms with Crippen LogP contribution in [0.25, 0.3) is 10.9 Å². The van der Waals surface area contributed by atoms with E-state index in [0.717, 1.165) is 40.6 Å². The highest BCUT2D eigenvalue weighted by Crippen LogP contribution is 2.21. The monoisotopic (exact) mass is 418 g/mol. The number of rotatable bonds is 8. The summed E-state index contributed by atoms with van der Waals surface area (Å²) < 4.78 is 0. The van der Waals surface area contributed by atoms with E-state index in [1.54, 1.807) is 0 Å². The quantitative estimate of drug-likeness (QED) is 0.488. The fraction of sp³-hybridized carbons (Fsp3) is 0.292. The third-order valence-corrected chi connectivity index (χ3v) is 5.56. The van der Waals surface area contributed by atoms with Crippen molar-refractivity contribution in [3.63, 3.8) is 0 Å². The van der Waals surface area contributed by atoms with Gasteiger partial charge >= 0.3 is 6.03 Å². The van der Waals surface area contributed by atoms with Crippen LogP contribution < -0.4 is 10.6 Å². The van der Waals surface area contributed by atoms with Crippen molar-refractivity contribution in [2.24, 2.45) is 0 Å². The van der Waals surface area contributed by atoms with E-state index in [2.05, 4.69) is 22.5 Å². The summed E-state index contributed by atoms with van der Waals surface area (Å²) in [5.74, 6) is -0.794. The van der Waals surface area contributed by atoms with Gasteiger partial charge in [0.1, 0.15) is 12.6 Å². The number of carbonyl (C=O) groups excluding carboxylic acids is 3. The molecule has 2 heterocycles. The molecule has 3 N–H and O–H groups in total. The second kappa shape index (κ2) is 9.04. The van der Waals surface area contributed by atoms with Gasteiger partial charge in [0, 0.05) is 29.2 Å². The summed E-state index contributed by atoms with van der Waals surface area (Å²) in [6, 6.07) is 14.2. The van der Waals surface area contributed by atoms with Crippen LogP contribution in [-0.2, 0) is 22.4 Å². The van der Waals surface area contributed by atoms with Gasteiger partial charge in [0.2, 0.25) is 5.91 Å². The van der Waals surface area contributed by atoms with Gasteiger partial charge in [-0.1, -0.05) is 43.7 Å². The molecule has 4 amide bonds. The second-order valence-corrected chi connectivity index (χ2v) is 7.84. The molecule has 31 heavy (non-hydrogen) atoms. The van der Waals surface area contributed by atoms with Gasteiger partial charge in [-0.15, -0.1) is 0 Å². The van der Waals surface area contributed by atoms with E-state index in [1.807, 2.05) is 54.7 Å². The number of hydrogen-bond donors (Lipinski definition) is 3. The number of para-hydroxylation sites is 1. The average molecular weight is 418 g/mol. The zero-order chi connectivity index (χ0) is 21.8. The molecule has 4 rings (SSSR count). The molecule has 0 saturated carbocycles. The van der Waals surface area contributed by atoms with Crippen molar-refractivity contribution in [2.45, 2.75) is 38.6 Å². The molecule has 7 nitrogen and oxygen atoms in total. The molecule has 0 spiro atoms. The first-order valence-corrected chi connectivity index (χ1v) is 10.6. The molecule has 1 saturated heterocycles. The summed E-state index contributed by atoms with van der Waals surface area (Å²) in [6.45, 7) is 1.84. The second-order valence-electron chi connectivity index (χ2n) is 7.84. The number of aryl methyl sites for hydroxylation is 1. The SMILES string of the molecule is CCCCc1ccc(NC(=O)CN2C(=O)N[C@H](Cc3c[nH]c4ccccc34)C2=O)cc1. The van der Waals surface area contributed by atoms with Crippen molar-refractivity contribution in [2.75, 3.05) is 11.9 Å². The topological polar surface area (TPSA) is 94.3 Å². The van der Waals surface area contributed by atoms with Gasteiger partial charge in [0.25, 0.3) is 5.91 Å². The van der Waals surface area contributed by atoms with Gasteiger partial charge in [0.15, 0.2) is 0 Å². The average Bonchev–Trinajstić information content (AvgIpc) is 3.29. The molecule has 0 radical (unpaired) electrons. The van der Waals surface area contributed by atoms with Crippen LogP contribution in [0.2, 0.25) is 0 Å². The molecule has 1 fully saturated rings. The van der Waals surface area contributed by atoms with Crippen LogP contribution >= 0.6 is 0 Å². The lowest BCUT2D eigenvalue weighted by Crippen LogP contribution is -2.38. The lowest BCUT2D eigenvalue weighted by atomic mass is 10.1. The van der Waals surface area contributed by atoms with Crippen molar-refractivity contribution in [1.82, 2.24) is 15.2 Å². The van der Waals surface area contributed by atoms with Crippen LogP contribution in [0, 0.1) is 0 Å². The number of unbranched alkanes of at least 4 members (excludes halogenated alkanes) is 1.